The van der Waals surface area contributed by atoms with Crippen LogP contribution in [0.1, 0.15) is 19.5 Å². The van der Waals surface area contributed by atoms with Gasteiger partial charge in [0.1, 0.15) is 11.6 Å². The maximum Gasteiger partial charge on any atom is 0.262 e. The minimum absolute atomic E-state index is 0.0438. The molecule has 0 radical (unpaired) electrons. The molecule has 2 heterocycles. The highest BCUT2D eigenvalue weighted by atomic mass is 16.5. The predicted molar refractivity (Wildman–Crippen MR) is 141 cm³/mol. The second-order valence-electron chi connectivity index (χ2n) is 8.69. The Morgan fingerprint density at radius 2 is 2.03 bits per heavy atom. The Bertz CT molecular complexity index is 1310. The van der Waals surface area contributed by atoms with E-state index < -0.39 is 18.6 Å². The molecule has 36 heavy (non-hydrogen) atoms. The molecule has 1 atom stereocenters. The number of allylic oxidation sites excluding steroid dienone is 3. The lowest BCUT2D eigenvalue weighted by atomic mass is 10.1. The van der Waals surface area contributed by atoms with Crippen LogP contribution in [0.15, 0.2) is 47.7 Å². The molecule has 0 saturated carbocycles. The van der Waals surface area contributed by atoms with Gasteiger partial charge in [-0.15, -0.1) is 0 Å². The number of rotatable bonds is 8. The van der Waals surface area contributed by atoms with E-state index in [4.69, 9.17) is 9.84 Å². The summed E-state index contributed by atoms with van der Waals surface area (Å²) in [7, 11) is 1.88. The molecule has 0 aliphatic carbocycles. The van der Waals surface area contributed by atoms with Crippen LogP contribution in [0.4, 0.5) is 0 Å². The molecule has 2 aromatic rings. The summed E-state index contributed by atoms with van der Waals surface area (Å²) in [6.45, 7) is 10.6. The number of carbonyl (C=O) groups is 1. The number of morpholine rings is 1. The first-order chi connectivity index (χ1) is 17.3. The van der Waals surface area contributed by atoms with Crippen molar-refractivity contribution in [2.45, 2.75) is 20.0 Å². The molecular formula is C28H34N4O4. The fourth-order valence-corrected chi connectivity index (χ4v) is 4.22. The summed E-state index contributed by atoms with van der Waals surface area (Å²) in [4.78, 5) is 14.8. The third kappa shape index (κ3) is 6.13. The number of aliphatic hydroxyl groups is 2. The smallest absolute Gasteiger partial charge is 0.262 e. The van der Waals surface area contributed by atoms with Crippen molar-refractivity contribution in [2.24, 2.45) is 7.05 Å². The zero-order valence-corrected chi connectivity index (χ0v) is 21.1. The van der Waals surface area contributed by atoms with Crippen LogP contribution >= 0.6 is 0 Å². The van der Waals surface area contributed by atoms with Crippen molar-refractivity contribution in [3.8, 4) is 17.3 Å². The average Bonchev–Trinajstić information content (AvgIpc) is 3.28. The fourth-order valence-electron chi connectivity index (χ4n) is 4.22. The number of carbonyl (C=O) groups excluding carboxylic acids is 1. The van der Waals surface area contributed by atoms with Gasteiger partial charge in [-0.25, -0.2) is 0 Å². The van der Waals surface area contributed by atoms with E-state index in [9.17, 15) is 15.2 Å². The number of amides is 1. The molecule has 1 saturated heterocycles. The van der Waals surface area contributed by atoms with Crippen LogP contribution in [0.2, 0.25) is 0 Å². The number of nitrogens with zero attached hydrogens (tertiary/aromatic N) is 3. The van der Waals surface area contributed by atoms with E-state index in [1.807, 2.05) is 48.9 Å². The summed E-state index contributed by atoms with van der Waals surface area (Å²) in [5.74, 6) is -0.592. The lowest BCUT2D eigenvalue weighted by Gasteiger charge is -2.29. The largest absolute Gasteiger partial charge is 0.394 e. The monoisotopic (exact) mass is 490 g/mol. The molecule has 1 aromatic carbocycles. The first kappa shape index (κ1) is 27.0. The first-order valence-electron chi connectivity index (χ1n) is 11.9. The second kappa shape index (κ2) is 12.4. The number of ether oxygens (including phenoxy) is 1. The van der Waals surface area contributed by atoms with Gasteiger partial charge in [-0.3, -0.25) is 4.79 Å². The van der Waals surface area contributed by atoms with E-state index in [0.29, 0.717) is 5.57 Å². The molecule has 0 spiro atoms. The molecule has 1 aromatic heterocycles. The zero-order valence-electron chi connectivity index (χ0n) is 21.1. The number of hydrogen-bond donors (Lipinski definition) is 3. The van der Waals surface area contributed by atoms with Crippen LogP contribution in [0.3, 0.4) is 0 Å². The van der Waals surface area contributed by atoms with Crippen molar-refractivity contribution in [1.82, 2.24) is 14.8 Å². The Labute approximate surface area is 211 Å². The van der Waals surface area contributed by atoms with Crippen LogP contribution in [0, 0.1) is 11.3 Å². The summed E-state index contributed by atoms with van der Waals surface area (Å²) in [6, 6.07) is 11.9. The van der Waals surface area contributed by atoms with E-state index >= 15 is 0 Å². The lowest BCUT2D eigenvalue weighted by molar-refractivity contribution is -0.117. The van der Waals surface area contributed by atoms with Gasteiger partial charge in [0, 0.05) is 43.8 Å². The molecule has 190 valence electrons. The number of benzene rings is 1. The molecule has 1 amide bonds. The maximum atomic E-state index is 12.5. The summed E-state index contributed by atoms with van der Waals surface area (Å²) in [5, 5.41) is 32.4. The van der Waals surface area contributed by atoms with Gasteiger partial charge in [-0.1, -0.05) is 24.8 Å². The van der Waals surface area contributed by atoms with Crippen LogP contribution in [0.5, 0.6) is 0 Å². The zero-order chi connectivity index (χ0) is 26.2. The predicted octanol–water partition coefficient (Wildman–Crippen LogP) is 0.885. The normalized spacial score (nSPS) is 16.4. The van der Waals surface area contributed by atoms with Gasteiger partial charge >= 0.3 is 0 Å². The SMILES string of the molecule is C=c1cc(-c2ccc(/C(C)=C(\C#N)C(=O)NCC(O)CO)n2C)cc/c1=C/C(=C\C)N1CCOCC1. The fraction of sp³-hybridized carbons (Fsp3) is 0.357. The standard InChI is InChI=1S/C28H34N4O4/c1-5-23(32-10-12-36-13-11-32)15-21-6-7-22(14-19(21)2)27-9-8-26(31(27)4)20(3)25(16-29)28(35)30-17-24(34)18-33/h5-9,14-15,24,33-34H,2,10-13,17-18H2,1,3-4H3,(H,30,35)/b21-15-,23-5+,25-20+. The molecule has 8 nitrogen and oxygen atoms in total. The highest BCUT2D eigenvalue weighted by molar-refractivity contribution is 6.04. The molecule has 1 fully saturated rings. The number of aliphatic hydroxyl groups excluding tert-OH is 2. The summed E-state index contributed by atoms with van der Waals surface area (Å²) in [5.41, 5.74) is 4.24. The van der Waals surface area contributed by atoms with Crippen LogP contribution in [-0.4, -0.2) is 71.1 Å². The van der Waals surface area contributed by atoms with E-state index in [1.165, 1.54) is 0 Å². The first-order valence-corrected chi connectivity index (χ1v) is 11.9. The molecule has 1 unspecified atom stereocenters. The van der Waals surface area contributed by atoms with Gasteiger partial charge in [0.2, 0.25) is 0 Å². The number of nitrogens with one attached hydrogen (secondary N) is 1. The van der Waals surface area contributed by atoms with Crippen LogP contribution in [-0.2, 0) is 16.6 Å². The van der Waals surface area contributed by atoms with E-state index in [2.05, 4.69) is 35.0 Å². The number of hydrogen-bond acceptors (Lipinski definition) is 6. The molecule has 1 aliphatic heterocycles. The Morgan fingerprint density at radius 3 is 2.64 bits per heavy atom. The minimum atomic E-state index is -1.08. The van der Waals surface area contributed by atoms with Crippen LogP contribution < -0.4 is 15.8 Å². The Balaban J connectivity index is 1.89. The third-order valence-corrected chi connectivity index (χ3v) is 6.34. The van der Waals surface area contributed by atoms with Gasteiger partial charge in [0.15, 0.2) is 0 Å². The summed E-state index contributed by atoms with van der Waals surface area (Å²) >= 11 is 0. The topological polar surface area (TPSA) is 111 Å². The van der Waals surface area contributed by atoms with Crippen LogP contribution in [0.25, 0.3) is 29.5 Å². The van der Waals surface area contributed by atoms with Crippen molar-refractivity contribution in [3.05, 3.63) is 63.8 Å². The van der Waals surface area contributed by atoms with Gasteiger partial charge < -0.3 is 29.7 Å². The van der Waals surface area contributed by atoms with Crippen molar-refractivity contribution in [3.63, 3.8) is 0 Å². The maximum absolute atomic E-state index is 12.5. The van der Waals surface area contributed by atoms with E-state index in [-0.39, 0.29) is 12.1 Å². The number of aromatic nitrogens is 1. The van der Waals surface area contributed by atoms with Crippen molar-refractivity contribution in [2.75, 3.05) is 39.5 Å². The molecular weight excluding hydrogens is 456 g/mol. The Hall–Kier alpha value is -3.64. The van der Waals surface area contributed by atoms with Gasteiger partial charge in [-0.2, -0.15) is 5.26 Å². The van der Waals surface area contributed by atoms with E-state index in [1.54, 1.807) is 6.92 Å². The second-order valence-corrected chi connectivity index (χ2v) is 8.69. The highest BCUT2D eigenvalue weighted by Crippen LogP contribution is 2.26. The van der Waals surface area contributed by atoms with E-state index in [0.717, 1.165) is 59.4 Å². The summed E-state index contributed by atoms with van der Waals surface area (Å²) in [6.07, 6.45) is 3.17. The molecule has 3 rings (SSSR count). The molecule has 8 heteroatoms. The quantitative estimate of drug-likeness (QED) is 0.374. The van der Waals surface area contributed by atoms with Gasteiger partial charge in [0.05, 0.1) is 25.9 Å². The average molecular weight is 491 g/mol. The molecule has 3 N–H and O–H groups in total. The van der Waals surface area contributed by atoms with Gasteiger partial charge in [-0.05, 0) is 59.7 Å². The highest BCUT2D eigenvalue weighted by Gasteiger charge is 2.18. The van der Waals surface area contributed by atoms with Gasteiger partial charge in [0.25, 0.3) is 5.91 Å². The minimum Gasteiger partial charge on any atom is -0.394 e. The van der Waals surface area contributed by atoms with Crippen molar-refractivity contribution >= 4 is 24.1 Å². The summed E-state index contributed by atoms with van der Waals surface area (Å²) < 4.78 is 7.40. The molecule has 1 aliphatic rings. The van der Waals surface area contributed by atoms with Crippen molar-refractivity contribution < 1.29 is 19.7 Å². The third-order valence-electron chi connectivity index (χ3n) is 6.34. The lowest BCUT2D eigenvalue weighted by Crippen LogP contribution is -2.36. The number of nitriles is 1. The molecule has 0 bridgehead atoms. The Kier molecular flexibility index (Phi) is 9.25. The Morgan fingerprint density at radius 1 is 1.31 bits per heavy atom. The van der Waals surface area contributed by atoms with Crippen molar-refractivity contribution in [1.29, 1.82) is 5.26 Å².